The van der Waals surface area contributed by atoms with Gasteiger partial charge in [-0.15, -0.1) is 0 Å². The summed E-state index contributed by atoms with van der Waals surface area (Å²) in [6.45, 7) is 4.97. The summed E-state index contributed by atoms with van der Waals surface area (Å²) in [4.78, 5) is 4.68. The number of hydrogen-bond acceptors (Lipinski definition) is 3. The fourth-order valence-electron chi connectivity index (χ4n) is 1.22. The van der Waals surface area contributed by atoms with Gasteiger partial charge in [0.1, 0.15) is 0 Å². The molecule has 0 radical (unpaired) electrons. The van der Waals surface area contributed by atoms with Crippen LogP contribution in [-0.4, -0.2) is 6.61 Å². The first-order valence-electron chi connectivity index (χ1n) is 4.47. The molecule has 0 saturated carbocycles. The van der Waals surface area contributed by atoms with Crippen LogP contribution in [0.15, 0.2) is 16.8 Å². The van der Waals surface area contributed by atoms with Crippen LogP contribution < -0.4 is 5.90 Å². The van der Waals surface area contributed by atoms with Gasteiger partial charge in [-0.25, -0.2) is 5.90 Å². The lowest BCUT2D eigenvalue weighted by Gasteiger charge is -2.22. The van der Waals surface area contributed by atoms with E-state index in [2.05, 4.69) is 35.5 Å². The van der Waals surface area contributed by atoms with Gasteiger partial charge >= 0.3 is 0 Å². The second kappa shape index (κ2) is 4.74. The summed E-state index contributed by atoms with van der Waals surface area (Å²) in [5, 5.41) is 4.31. The highest BCUT2D eigenvalue weighted by molar-refractivity contribution is 7.07. The van der Waals surface area contributed by atoms with Gasteiger partial charge in [-0.05, 0) is 40.6 Å². The Morgan fingerprint density at radius 2 is 2.31 bits per heavy atom. The van der Waals surface area contributed by atoms with Crippen molar-refractivity contribution in [1.29, 1.82) is 0 Å². The van der Waals surface area contributed by atoms with E-state index in [1.165, 1.54) is 5.56 Å². The van der Waals surface area contributed by atoms with Gasteiger partial charge in [0, 0.05) is 0 Å². The zero-order chi connectivity index (χ0) is 9.73. The molecule has 0 aliphatic carbocycles. The molecule has 2 nitrogen and oxygen atoms in total. The third kappa shape index (κ3) is 3.89. The summed E-state index contributed by atoms with van der Waals surface area (Å²) >= 11 is 1.75. The monoisotopic (exact) mass is 199 g/mol. The second-order valence-electron chi connectivity index (χ2n) is 4.11. The Morgan fingerprint density at radius 1 is 1.54 bits per heavy atom. The Bertz CT molecular complexity index is 231. The normalized spacial score (nSPS) is 11.9. The molecular weight excluding hydrogens is 182 g/mol. The van der Waals surface area contributed by atoms with Crippen molar-refractivity contribution in [2.75, 3.05) is 6.61 Å². The van der Waals surface area contributed by atoms with Gasteiger partial charge in [-0.2, -0.15) is 11.3 Å². The van der Waals surface area contributed by atoms with E-state index in [0.29, 0.717) is 6.61 Å². The molecule has 0 amide bonds. The van der Waals surface area contributed by atoms with Crippen LogP contribution in [-0.2, 0) is 11.3 Å². The zero-order valence-corrected chi connectivity index (χ0v) is 9.06. The average molecular weight is 199 g/mol. The van der Waals surface area contributed by atoms with Crippen LogP contribution in [0.2, 0.25) is 0 Å². The van der Waals surface area contributed by atoms with E-state index >= 15 is 0 Å². The van der Waals surface area contributed by atoms with Crippen LogP contribution in [0.25, 0.3) is 0 Å². The Hall–Kier alpha value is -0.380. The van der Waals surface area contributed by atoms with E-state index in [0.717, 1.165) is 12.8 Å². The predicted molar refractivity (Wildman–Crippen MR) is 56.6 cm³/mol. The number of thiophene rings is 1. The molecule has 0 aliphatic rings. The molecule has 0 saturated heterocycles. The summed E-state index contributed by atoms with van der Waals surface area (Å²) in [6, 6.07) is 2.17. The van der Waals surface area contributed by atoms with Crippen molar-refractivity contribution in [2.24, 2.45) is 11.3 Å². The molecule has 3 heteroatoms. The summed E-state index contributed by atoms with van der Waals surface area (Å²) < 4.78 is 0. The fourth-order valence-corrected chi connectivity index (χ4v) is 1.92. The van der Waals surface area contributed by atoms with Crippen LogP contribution in [0.5, 0.6) is 0 Å². The highest BCUT2D eigenvalue weighted by Crippen LogP contribution is 2.23. The molecule has 0 unspecified atom stereocenters. The third-order valence-electron chi connectivity index (χ3n) is 2.14. The van der Waals surface area contributed by atoms with E-state index in [4.69, 9.17) is 5.90 Å². The van der Waals surface area contributed by atoms with Crippen molar-refractivity contribution >= 4 is 11.3 Å². The molecule has 1 aromatic rings. The zero-order valence-electron chi connectivity index (χ0n) is 8.25. The molecule has 0 aromatic carbocycles. The van der Waals surface area contributed by atoms with Gasteiger partial charge in [-0.1, -0.05) is 13.8 Å². The SMILES string of the molecule is CC(C)(CCc1ccsc1)CON. The number of rotatable bonds is 5. The lowest BCUT2D eigenvalue weighted by atomic mass is 9.88. The smallest absolute Gasteiger partial charge is 0.0730 e. The van der Waals surface area contributed by atoms with E-state index in [-0.39, 0.29) is 5.41 Å². The molecule has 1 rings (SSSR count). The minimum Gasteiger partial charge on any atom is -0.304 e. The minimum atomic E-state index is 0.177. The van der Waals surface area contributed by atoms with Crippen molar-refractivity contribution < 1.29 is 4.84 Å². The van der Waals surface area contributed by atoms with Crippen molar-refractivity contribution in [1.82, 2.24) is 0 Å². The van der Waals surface area contributed by atoms with E-state index in [1.807, 2.05) is 0 Å². The van der Waals surface area contributed by atoms with Crippen LogP contribution >= 0.6 is 11.3 Å². The maximum atomic E-state index is 5.07. The highest BCUT2D eigenvalue weighted by Gasteiger charge is 2.17. The summed E-state index contributed by atoms with van der Waals surface area (Å²) in [5.41, 5.74) is 1.59. The highest BCUT2D eigenvalue weighted by atomic mass is 32.1. The lowest BCUT2D eigenvalue weighted by molar-refractivity contribution is 0.0583. The largest absolute Gasteiger partial charge is 0.304 e. The maximum absolute atomic E-state index is 5.07. The first kappa shape index (κ1) is 10.7. The van der Waals surface area contributed by atoms with Crippen molar-refractivity contribution in [3.63, 3.8) is 0 Å². The lowest BCUT2D eigenvalue weighted by Crippen LogP contribution is -2.22. The Balaban J connectivity index is 2.33. The summed E-state index contributed by atoms with van der Waals surface area (Å²) in [5.74, 6) is 5.07. The van der Waals surface area contributed by atoms with E-state index in [9.17, 15) is 0 Å². The molecule has 0 fully saturated rings. The standard InChI is InChI=1S/C10H17NOS/c1-10(2,8-12-11)5-3-9-4-6-13-7-9/h4,6-7H,3,5,8,11H2,1-2H3. The quantitative estimate of drug-likeness (QED) is 0.740. The topological polar surface area (TPSA) is 35.2 Å². The predicted octanol–water partition coefficient (Wildman–Crippen LogP) is 2.60. The molecule has 1 aromatic heterocycles. The van der Waals surface area contributed by atoms with Gasteiger partial charge < -0.3 is 4.84 Å². The summed E-state index contributed by atoms with van der Waals surface area (Å²) in [7, 11) is 0. The molecule has 13 heavy (non-hydrogen) atoms. The molecule has 0 bridgehead atoms. The fraction of sp³-hybridized carbons (Fsp3) is 0.600. The molecule has 74 valence electrons. The van der Waals surface area contributed by atoms with Gasteiger partial charge in [0.15, 0.2) is 0 Å². The maximum Gasteiger partial charge on any atom is 0.0730 e. The van der Waals surface area contributed by atoms with Crippen LogP contribution in [0, 0.1) is 5.41 Å². The van der Waals surface area contributed by atoms with Crippen LogP contribution in [0.1, 0.15) is 25.8 Å². The Morgan fingerprint density at radius 3 is 2.85 bits per heavy atom. The molecule has 0 spiro atoms. The van der Waals surface area contributed by atoms with Gasteiger partial charge in [0.25, 0.3) is 0 Å². The first-order valence-corrected chi connectivity index (χ1v) is 5.41. The minimum absolute atomic E-state index is 0.177. The second-order valence-corrected chi connectivity index (χ2v) is 4.89. The molecular formula is C10H17NOS. The third-order valence-corrected chi connectivity index (χ3v) is 2.88. The summed E-state index contributed by atoms with van der Waals surface area (Å²) in [6.07, 6.45) is 2.22. The van der Waals surface area contributed by atoms with Crippen LogP contribution in [0.4, 0.5) is 0 Å². The van der Waals surface area contributed by atoms with Gasteiger partial charge in [0.05, 0.1) is 6.61 Å². The number of aryl methyl sites for hydroxylation is 1. The molecule has 2 N–H and O–H groups in total. The molecule has 1 heterocycles. The van der Waals surface area contributed by atoms with Crippen molar-refractivity contribution in [2.45, 2.75) is 26.7 Å². The van der Waals surface area contributed by atoms with Gasteiger partial charge in [-0.3, -0.25) is 0 Å². The number of hydrogen-bond donors (Lipinski definition) is 1. The molecule has 0 aliphatic heterocycles. The van der Waals surface area contributed by atoms with E-state index < -0.39 is 0 Å². The average Bonchev–Trinajstić information content (AvgIpc) is 2.52. The van der Waals surface area contributed by atoms with Gasteiger partial charge in [0.2, 0.25) is 0 Å². The Labute approximate surface area is 83.7 Å². The Kier molecular flexibility index (Phi) is 3.90. The van der Waals surface area contributed by atoms with Crippen LogP contribution in [0.3, 0.4) is 0 Å². The first-order chi connectivity index (χ1) is 6.14. The van der Waals surface area contributed by atoms with E-state index in [1.54, 1.807) is 11.3 Å². The van der Waals surface area contributed by atoms with Crippen molar-refractivity contribution in [3.8, 4) is 0 Å². The number of nitrogens with two attached hydrogens (primary N) is 1. The molecule has 0 atom stereocenters. The van der Waals surface area contributed by atoms with Crippen molar-refractivity contribution in [3.05, 3.63) is 22.4 Å².